The summed E-state index contributed by atoms with van der Waals surface area (Å²) >= 11 is 0. The van der Waals surface area contributed by atoms with E-state index in [0.717, 1.165) is 64.2 Å². The minimum atomic E-state index is -0.570. The molecule has 0 bridgehead atoms. The summed E-state index contributed by atoms with van der Waals surface area (Å²) in [7, 11) is 0. The van der Waals surface area contributed by atoms with Gasteiger partial charge in [0.2, 0.25) is 0 Å². The van der Waals surface area contributed by atoms with Crippen molar-refractivity contribution in [1.29, 1.82) is 0 Å². The SMILES string of the molecule is OC(C(O)C1(CCCc2ccccc2)CCC1)C1(CCCc2ccccc2)CCC1. The Morgan fingerprint density at radius 1 is 0.600 bits per heavy atom. The van der Waals surface area contributed by atoms with Gasteiger partial charge in [-0.15, -0.1) is 0 Å². The Balaban J connectivity index is 1.33. The molecule has 2 aromatic rings. The second kappa shape index (κ2) is 9.66. The smallest absolute Gasteiger partial charge is 0.0860 e. The molecular weight excluding hydrogens is 368 g/mol. The summed E-state index contributed by atoms with van der Waals surface area (Å²) in [5.74, 6) is 0. The molecule has 2 aromatic carbocycles. The highest BCUT2D eigenvalue weighted by Crippen LogP contribution is 2.55. The van der Waals surface area contributed by atoms with Crippen LogP contribution in [0.25, 0.3) is 0 Å². The maximum Gasteiger partial charge on any atom is 0.0860 e. The minimum absolute atomic E-state index is 0.0593. The monoisotopic (exact) mass is 406 g/mol. The Bertz CT molecular complexity index is 694. The highest BCUT2D eigenvalue weighted by molar-refractivity contribution is 5.16. The van der Waals surface area contributed by atoms with Gasteiger partial charge in [0.05, 0.1) is 12.2 Å². The van der Waals surface area contributed by atoms with E-state index in [1.54, 1.807) is 0 Å². The van der Waals surface area contributed by atoms with Crippen LogP contribution in [-0.4, -0.2) is 22.4 Å². The van der Waals surface area contributed by atoms with Gasteiger partial charge in [-0.25, -0.2) is 0 Å². The standard InChI is InChI=1S/C28H38O2/c29-25(27(19-9-20-27)17-7-15-23-11-3-1-4-12-23)26(30)28(21-10-22-28)18-8-16-24-13-5-2-6-14-24/h1-6,11-14,25-26,29-30H,7-10,15-22H2. The fraction of sp³-hybridized carbons (Fsp3) is 0.571. The van der Waals surface area contributed by atoms with E-state index in [1.807, 2.05) is 0 Å². The van der Waals surface area contributed by atoms with Gasteiger partial charge in [-0.2, -0.15) is 0 Å². The molecule has 2 saturated carbocycles. The van der Waals surface area contributed by atoms with Crippen LogP contribution in [0, 0.1) is 10.8 Å². The summed E-state index contributed by atoms with van der Waals surface area (Å²) in [6.45, 7) is 0. The Labute approximate surface area is 182 Å². The van der Waals surface area contributed by atoms with Crippen molar-refractivity contribution in [2.24, 2.45) is 10.8 Å². The molecule has 0 heterocycles. The zero-order chi connectivity index (χ0) is 20.9. The Kier molecular flexibility index (Phi) is 6.95. The lowest BCUT2D eigenvalue weighted by Crippen LogP contribution is -2.56. The van der Waals surface area contributed by atoms with Crippen LogP contribution >= 0.6 is 0 Å². The van der Waals surface area contributed by atoms with E-state index in [9.17, 15) is 10.2 Å². The van der Waals surface area contributed by atoms with E-state index in [-0.39, 0.29) is 10.8 Å². The Morgan fingerprint density at radius 3 is 1.27 bits per heavy atom. The van der Waals surface area contributed by atoms with Gasteiger partial charge in [-0.1, -0.05) is 73.5 Å². The first kappa shape index (κ1) is 21.6. The molecule has 0 aliphatic heterocycles. The zero-order valence-corrected chi connectivity index (χ0v) is 18.3. The van der Waals surface area contributed by atoms with E-state index in [0.29, 0.717) is 0 Å². The van der Waals surface area contributed by atoms with Crippen LogP contribution < -0.4 is 0 Å². The second-order valence-electron chi connectivity index (χ2n) is 10.00. The van der Waals surface area contributed by atoms with Crippen LogP contribution in [0.4, 0.5) is 0 Å². The third-order valence-corrected chi connectivity index (χ3v) is 8.22. The minimum Gasteiger partial charge on any atom is -0.390 e. The molecule has 2 N–H and O–H groups in total. The van der Waals surface area contributed by atoms with Gasteiger partial charge in [0.25, 0.3) is 0 Å². The number of rotatable bonds is 11. The summed E-state index contributed by atoms with van der Waals surface area (Å²) < 4.78 is 0. The summed E-state index contributed by atoms with van der Waals surface area (Å²) in [6, 6.07) is 21.3. The topological polar surface area (TPSA) is 40.5 Å². The van der Waals surface area contributed by atoms with Crippen molar-refractivity contribution in [2.45, 2.75) is 89.3 Å². The summed E-state index contributed by atoms with van der Waals surface area (Å²) in [5.41, 5.74) is 2.63. The summed E-state index contributed by atoms with van der Waals surface area (Å²) in [5, 5.41) is 22.7. The van der Waals surface area contributed by atoms with E-state index in [2.05, 4.69) is 60.7 Å². The van der Waals surface area contributed by atoms with Crippen molar-refractivity contribution in [2.75, 3.05) is 0 Å². The van der Waals surface area contributed by atoms with Crippen LogP contribution in [0.2, 0.25) is 0 Å². The van der Waals surface area contributed by atoms with Crippen molar-refractivity contribution in [3.05, 3.63) is 71.8 Å². The molecule has 4 rings (SSSR count). The van der Waals surface area contributed by atoms with Gasteiger partial charge in [0.15, 0.2) is 0 Å². The van der Waals surface area contributed by atoms with Gasteiger partial charge >= 0.3 is 0 Å². The van der Waals surface area contributed by atoms with Crippen molar-refractivity contribution in [3.63, 3.8) is 0 Å². The van der Waals surface area contributed by atoms with Gasteiger partial charge in [-0.3, -0.25) is 0 Å². The molecule has 2 unspecified atom stereocenters. The first-order valence-corrected chi connectivity index (χ1v) is 12.1. The summed E-state index contributed by atoms with van der Waals surface area (Å²) in [6.07, 6.45) is 11.9. The van der Waals surface area contributed by atoms with Gasteiger partial charge < -0.3 is 10.2 Å². The molecule has 2 heteroatoms. The summed E-state index contributed by atoms with van der Waals surface area (Å²) in [4.78, 5) is 0. The molecule has 30 heavy (non-hydrogen) atoms. The second-order valence-corrected chi connectivity index (χ2v) is 10.00. The van der Waals surface area contributed by atoms with Crippen LogP contribution in [-0.2, 0) is 12.8 Å². The third-order valence-electron chi connectivity index (χ3n) is 8.22. The van der Waals surface area contributed by atoms with Crippen LogP contribution in [0.5, 0.6) is 0 Å². The molecule has 0 aromatic heterocycles. The molecule has 2 aliphatic carbocycles. The molecule has 162 valence electrons. The average molecular weight is 407 g/mol. The van der Waals surface area contributed by atoms with Crippen molar-refractivity contribution >= 4 is 0 Å². The van der Waals surface area contributed by atoms with Gasteiger partial charge in [-0.05, 0) is 86.2 Å². The zero-order valence-electron chi connectivity index (χ0n) is 18.3. The fourth-order valence-electron chi connectivity index (χ4n) is 5.90. The molecule has 2 fully saturated rings. The number of aryl methyl sites for hydroxylation is 2. The van der Waals surface area contributed by atoms with Crippen LogP contribution in [0.3, 0.4) is 0 Å². The molecule has 0 amide bonds. The fourth-order valence-corrected chi connectivity index (χ4v) is 5.90. The van der Waals surface area contributed by atoms with Crippen LogP contribution in [0.15, 0.2) is 60.7 Å². The number of hydrogen-bond acceptors (Lipinski definition) is 2. The first-order valence-electron chi connectivity index (χ1n) is 12.1. The van der Waals surface area contributed by atoms with Crippen molar-refractivity contribution in [1.82, 2.24) is 0 Å². The predicted octanol–water partition coefficient (Wildman–Crippen LogP) is 6.09. The van der Waals surface area contributed by atoms with Gasteiger partial charge in [0.1, 0.15) is 0 Å². The maximum atomic E-state index is 11.4. The third kappa shape index (κ3) is 4.65. The lowest BCUT2D eigenvalue weighted by molar-refractivity contribution is -0.169. The largest absolute Gasteiger partial charge is 0.390 e. The highest BCUT2D eigenvalue weighted by Gasteiger charge is 2.53. The van der Waals surface area contributed by atoms with E-state index in [4.69, 9.17) is 0 Å². The normalized spacial score (nSPS) is 21.3. The maximum absolute atomic E-state index is 11.4. The average Bonchev–Trinajstić information content (AvgIpc) is 2.72. The lowest BCUT2D eigenvalue weighted by atomic mass is 9.54. The quantitative estimate of drug-likeness (QED) is 0.474. The molecule has 2 aliphatic rings. The Hall–Kier alpha value is -1.64. The number of aliphatic hydroxyl groups is 2. The van der Waals surface area contributed by atoms with Crippen LogP contribution in [0.1, 0.15) is 75.3 Å². The molecular formula is C28H38O2. The van der Waals surface area contributed by atoms with Crippen molar-refractivity contribution in [3.8, 4) is 0 Å². The van der Waals surface area contributed by atoms with E-state index < -0.39 is 12.2 Å². The molecule has 0 radical (unpaired) electrons. The first-order chi connectivity index (χ1) is 14.6. The van der Waals surface area contributed by atoms with Crippen molar-refractivity contribution < 1.29 is 10.2 Å². The van der Waals surface area contributed by atoms with E-state index >= 15 is 0 Å². The highest BCUT2D eigenvalue weighted by atomic mass is 16.3. The molecule has 0 saturated heterocycles. The number of benzene rings is 2. The molecule has 0 spiro atoms. The molecule has 2 atom stereocenters. The number of aliphatic hydroxyl groups excluding tert-OH is 2. The predicted molar refractivity (Wildman–Crippen MR) is 123 cm³/mol. The number of hydrogen-bond donors (Lipinski definition) is 2. The van der Waals surface area contributed by atoms with E-state index in [1.165, 1.54) is 24.0 Å². The lowest BCUT2D eigenvalue weighted by Gasteiger charge is -2.54. The molecule has 2 nitrogen and oxygen atoms in total. The Morgan fingerprint density at radius 2 is 0.967 bits per heavy atom. The van der Waals surface area contributed by atoms with Gasteiger partial charge in [0, 0.05) is 0 Å².